The summed E-state index contributed by atoms with van der Waals surface area (Å²) in [6.45, 7) is 2.44. The second-order valence-corrected chi connectivity index (χ2v) is 6.07. The monoisotopic (exact) mass is 306 g/mol. The minimum absolute atomic E-state index is 0.217. The van der Waals surface area contributed by atoms with E-state index in [1.165, 1.54) is 0 Å². The van der Waals surface area contributed by atoms with E-state index in [4.69, 9.17) is 0 Å². The Balaban J connectivity index is 6.08. The molecule has 0 fully saturated rings. The zero-order valence-corrected chi connectivity index (χ0v) is 9.00. The first-order valence-electron chi connectivity index (χ1n) is 3.76. The average Bonchev–Trinajstić information content (AvgIpc) is 2.07. The second-order valence-electron chi connectivity index (χ2n) is 2.80. The van der Waals surface area contributed by atoms with E-state index < -0.39 is 31.7 Å². The van der Waals surface area contributed by atoms with Crippen LogP contribution < -0.4 is 0 Å². The summed E-state index contributed by atoms with van der Waals surface area (Å²) in [5.41, 5.74) is 0. The van der Waals surface area contributed by atoms with Crippen molar-refractivity contribution in [2.75, 3.05) is 0 Å². The Labute approximate surface area is 94.1 Å². The summed E-state index contributed by atoms with van der Waals surface area (Å²) in [6.07, 6.45) is -0.217. The Morgan fingerprint density at radius 3 is 1.33 bits per heavy atom. The molecule has 0 saturated heterocycles. The molecule has 0 bridgehead atoms. The Morgan fingerprint density at radius 1 is 0.889 bits per heavy atom. The summed E-state index contributed by atoms with van der Waals surface area (Å²) in [6, 6.07) is 0. The van der Waals surface area contributed by atoms with Crippen LogP contribution in [0, 0.1) is 0 Å². The molecule has 0 rings (SSSR count). The lowest BCUT2D eigenvalue weighted by atomic mass is 10.7. The Bertz CT molecular complexity index is 302. The number of rotatable bonds is 2. The zero-order valence-electron chi connectivity index (χ0n) is 8.00. The van der Waals surface area contributed by atoms with Crippen molar-refractivity contribution in [3.05, 3.63) is 12.7 Å². The molecular formula is C6H3F9O2Si. The highest BCUT2D eigenvalue weighted by Gasteiger charge is 2.92. The highest BCUT2D eigenvalue weighted by atomic mass is 28.4. The summed E-state index contributed by atoms with van der Waals surface area (Å²) in [5, 5.41) is 0. The van der Waals surface area contributed by atoms with Crippen molar-refractivity contribution in [1.82, 2.24) is 0 Å². The SMILES string of the molecule is C=CC(=O)O[Si](C(F)(F)F)(C(F)(F)F)C(F)(F)F. The Kier molecular flexibility index (Phi) is 4.18. The maximum atomic E-state index is 12.2. The van der Waals surface area contributed by atoms with Gasteiger partial charge in [0, 0.05) is 6.08 Å². The molecule has 12 heteroatoms. The van der Waals surface area contributed by atoms with Crippen LogP contribution in [0.3, 0.4) is 0 Å². The van der Waals surface area contributed by atoms with E-state index in [9.17, 15) is 44.3 Å². The lowest BCUT2D eigenvalue weighted by Crippen LogP contribution is -2.74. The molecule has 0 atom stereocenters. The number of hydrogen-bond acceptors (Lipinski definition) is 2. The highest BCUT2D eigenvalue weighted by Crippen LogP contribution is 2.50. The third-order valence-corrected chi connectivity index (χ3v) is 4.52. The standard InChI is InChI=1S/C6H3F9O2Si/c1-2-3(16)17-18(4(7,8)9,5(10,11)12)6(13,14)15/h2H,1H2. The van der Waals surface area contributed by atoms with Gasteiger partial charge in [0.25, 0.3) is 0 Å². The first-order valence-corrected chi connectivity index (χ1v) is 5.67. The molecule has 106 valence electrons. The van der Waals surface area contributed by atoms with E-state index in [0.717, 1.165) is 0 Å². The largest absolute Gasteiger partial charge is 0.599 e. The molecule has 0 aliphatic carbocycles. The van der Waals surface area contributed by atoms with E-state index in [1.807, 2.05) is 0 Å². The molecule has 0 aromatic heterocycles. The molecule has 0 unspecified atom stereocenters. The molecule has 0 amide bonds. The minimum atomic E-state index is -8.41. The third kappa shape index (κ3) is 2.62. The molecule has 0 N–H and O–H groups in total. The molecular weight excluding hydrogens is 303 g/mol. The smallest absolute Gasteiger partial charge is 0.493 e. The normalized spacial score (nSPS) is 14.3. The molecule has 0 aromatic rings. The number of carbonyl (C=O) groups excluding carboxylic acids is 1. The number of carbonyl (C=O) groups is 1. The van der Waals surface area contributed by atoms with Crippen molar-refractivity contribution < 1.29 is 48.7 Å². The van der Waals surface area contributed by atoms with Crippen molar-refractivity contribution in [1.29, 1.82) is 0 Å². The van der Waals surface area contributed by atoms with Crippen LogP contribution in [0.1, 0.15) is 0 Å². The minimum Gasteiger partial charge on any atom is -0.493 e. The predicted molar refractivity (Wildman–Crippen MR) is 40.2 cm³/mol. The molecule has 0 heterocycles. The van der Waals surface area contributed by atoms with Crippen molar-refractivity contribution >= 4 is 14.3 Å². The van der Waals surface area contributed by atoms with Gasteiger partial charge in [0.05, 0.1) is 0 Å². The molecule has 0 saturated carbocycles. The third-order valence-electron chi connectivity index (χ3n) is 1.62. The first-order chi connectivity index (χ1) is 7.70. The summed E-state index contributed by atoms with van der Waals surface area (Å²) in [5.74, 6) is -22.8. The molecule has 0 spiro atoms. The molecule has 0 aliphatic heterocycles. The topological polar surface area (TPSA) is 26.3 Å². The molecule has 0 radical (unpaired) electrons. The van der Waals surface area contributed by atoms with Crippen molar-refractivity contribution in [3.8, 4) is 0 Å². The number of alkyl halides is 9. The van der Waals surface area contributed by atoms with Crippen LogP contribution in [-0.2, 0) is 9.22 Å². The van der Waals surface area contributed by atoms with Gasteiger partial charge in [0.2, 0.25) is 0 Å². The zero-order chi connectivity index (χ0) is 15.0. The van der Waals surface area contributed by atoms with Crippen molar-refractivity contribution in [3.63, 3.8) is 0 Å². The van der Waals surface area contributed by atoms with Gasteiger partial charge in [-0.15, -0.1) is 0 Å². The van der Waals surface area contributed by atoms with Gasteiger partial charge < -0.3 is 4.43 Å². The van der Waals surface area contributed by atoms with Gasteiger partial charge in [-0.25, -0.2) is 4.79 Å². The Hall–Kier alpha value is -1.20. The van der Waals surface area contributed by atoms with Crippen LogP contribution in [0.5, 0.6) is 0 Å². The van der Waals surface area contributed by atoms with Crippen LogP contribution >= 0.6 is 0 Å². The molecule has 2 nitrogen and oxygen atoms in total. The van der Waals surface area contributed by atoms with E-state index >= 15 is 0 Å². The average molecular weight is 306 g/mol. The van der Waals surface area contributed by atoms with Crippen LogP contribution in [0.25, 0.3) is 0 Å². The lowest BCUT2D eigenvalue weighted by molar-refractivity contribution is -0.194. The first kappa shape index (κ1) is 16.8. The maximum absolute atomic E-state index is 12.2. The van der Waals surface area contributed by atoms with Gasteiger partial charge in [0.15, 0.2) is 0 Å². The van der Waals surface area contributed by atoms with Crippen LogP contribution in [0.4, 0.5) is 39.5 Å². The predicted octanol–water partition coefficient (Wildman–Crippen LogP) is 2.97. The maximum Gasteiger partial charge on any atom is 0.599 e. The number of hydrogen-bond donors (Lipinski definition) is 0. The van der Waals surface area contributed by atoms with Crippen LogP contribution in [0.15, 0.2) is 12.7 Å². The van der Waals surface area contributed by atoms with Gasteiger partial charge in [-0.2, -0.15) is 39.5 Å². The summed E-state index contributed by atoms with van der Waals surface area (Å²) in [7, 11) is -8.41. The van der Waals surface area contributed by atoms with Gasteiger partial charge >= 0.3 is 31.7 Å². The quantitative estimate of drug-likeness (QED) is 0.445. The van der Waals surface area contributed by atoms with E-state index in [0.29, 0.717) is 0 Å². The van der Waals surface area contributed by atoms with Gasteiger partial charge in [-0.05, 0) is 0 Å². The highest BCUT2D eigenvalue weighted by molar-refractivity contribution is 6.80. The molecule has 18 heavy (non-hydrogen) atoms. The molecule has 0 aliphatic rings. The summed E-state index contributed by atoms with van der Waals surface area (Å²) < 4.78 is 112. The second kappa shape index (κ2) is 4.48. The van der Waals surface area contributed by atoms with Gasteiger partial charge in [0.1, 0.15) is 0 Å². The Morgan fingerprint density at radius 2 is 1.17 bits per heavy atom. The van der Waals surface area contributed by atoms with Crippen LogP contribution in [0.2, 0.25) is 0 Å². The fourth-order valence-electron chi connectivity index (χ4n) is 0.848. The van der Waals surface area contributed by atoms with E-state index in [1.54, 1.807) is 0 Å². The summed E-state index contributed by atoms with van der Waals surface area (Å²) >= 11 is 0. The fourth-order valence-corrected chi connectivity index (χ4v) is 2.54. The molecule has 0 aromatic carbocycles. The van der Waals surface area contributed by atoms with E-state index in [2.05, 4.69) is 11.0 Å². The van der Waals surface area contributed by atoms with Crippen molar-refractivity contribution in [2.24, 2.45) is 0 Å². The van der Waals surface area contributed by atoms with Gasteiger partial charge in [-0.1, -0.05) is 6.58 Å². The number of halogens is 9. The van der Waals surface area contributed by atoms with Crippen molar-refractivity contribution in [2.45, 2.75) is 17.4 Å². The fraction of sp³-hybridized carbons (Fsp3) is 0.500. The van der Waals surface area contributed by atoms with Crippen LogP contribution in [-0.4, -0.2) is 31.7 Å². The van der Waals surface area contributed by atoms with E-state index in [-0.39, 0.29) is 6.08 Å². The lowest BCUT2D eigenvalue weighted by Gasteiger charge is -2.34. The summed E-state index contributed by atoms with van der Waals surface area (Å²) in [4.78, 5) is 10.4. The van der Waals surface area contributed by atoms with Gasteiger partial charge in [-0.3, -0.25) is 0 Å².